The predicted molar refractivity (Wildman–Crippen MR) is 74.5 cm³/mol. The Morgan fingerprint density at radius 2 is 2.10 bits per heavy atom. The largest absolute Gasteiger partial charge is 0.453 e. The van der Waals surface area contributed by atoms with Crippen molar-refractivity contribution >= 4 is 0 Å². The molecule has 0 bridgehead atoms. The summed E-state index contributed by atoms with van der Waals surface area (Å²) in [5.74, 6) is 1.14. The third-order valence-corrected chi connectivity index (χ3v) is 3.25. The number of aromatic nitrogens is 2. The van der Waals surface area contributed by atoms with Gasteiger partial charge in [0.1, 0.15) is 11.4 Å². The van der Waals surface area contributed by atoms with Crippen LogP contribution < -0.4 is 4.74 Å². The minimum Gasteiger partial charge on any atom is -0.453 e. The van der Waals surface area contributed by atoms with Crippen molar-refractivity contribution in [1.82, 2.24) is 9.78 Å². The summed E-state index contributed by atoms with van der Waals surface area (Å²) in [6.45, 7) is 5.43. The van der Waals surface area contributed by atoms with Gasteiger partial charge in [-0.1, -0.05) is 6.07 Å². The topological polar surface area (TPSA) is 71.1 Å². The van der Waals surface area contributed by atoms with Crippen LogP contribution in [0.4, 0.5) is 0 Å². The standard InChI is InChI=1S/C15H17N3O2/c1-9-15(10(2)18(4)17-9)20-14-7-12(8-16)5-6-13(14)11(3)19/h5-7,11,19H,1-4H3/t11-/m0/s1. The molecule has 1 N–H and O–H groups in total. The Labute approximate surface area is 118 Å². The molecule has 0 unspecified atom stereocenters. The van der Waals surface area contributed by atoms with Crippen molar-refractivity contribution in [2.45, 2.75) is 26.9 Å². The Morgan fingerprint density at radius 1 is 1.40 bits per heavy atom. The van der Waals surface area contributed by atoms with E-state index in [0.29, 0.717) is 22.6 Å². The fourth-order valence-electron chi connectivity index (χ4n) is 2.05. The molecule has 0 amide bonds. The summed E-state index contributed by atoms with van der Waals surface area (Å²) in [4.78, 5) is 0. The molecule has 0 aliphatic carbocycles. The predicted octanol–water partition coefficient (Wildman–Crippen LogP) is 2.75. The van der Waals surface area contributed by atoms with Crippen LogP contribution >= 0.6 is 0 Å². The van der Waals surface area contributed by atoms with Crippen molar-refractivity contribution in [3.8, 4) is 17.6 Å². The van der Waals surface area contributed by atoms with Crippen LogP contribution in [-0.2, 0) is 7.05 Å². The molecule has 0 fully saturated rings. The summed E-state index contributed by atoms with van der Waals surface area (Å²) in [5.41, 5.74) is 2.79. The third kappa shape index (κ3) is 2.51. The molecule has 20 heavy (non-hydrogen) atoms. The maximum atomic E-state index is 9.81. The molecule has 1 aromatic heterocycles. The minimum atomic E-state index is -0.671. The molecule has 1 heterocycles. The van der Waals surface area contributed by atoms with E-state index >= 15 is 0 Å². The van der Waals surface area contributed by atoms with Gasteiger partial charge < -0.3 is 9.84 Å². The van der Waals surface area contributed by atoms with E-state index in [1.165, 1.54) is 0 Å². The summed E-state index contributed by atoms with van der Waals surface area (Å²) in [6, 6.07) is 7.08. The molecular formula is C15H17N3O2. The van der Waals surface area contributed by atoms with Crippen LogP contribution in [0.5, 0.6) is 11.5 Å². The van der Waals surface area contributed by atoms with E-state index < -0.39 is 6.10 Å². The smallest absolute Gasteiger partial charge is 0.171 e. The van der Waals surface area contributed by atoms with Crippen LogP contribution in [-0.4, -0.2) is 14.9 Å². The van der Waals surface area contributed by atoms with Crippen molar-refractivity contribution in [3.05, 3.63) is 40.7 Å². The first-order chi connectivity index (χ1) is 9.43. The molecule has 0 aliphatic heterocycles. The number of hydrogen-bond donors (Lipinski definition) is 1. The van der Waals surface area contributed by atoms with Crippen molar-refractivity contribution in [1.29, 1.82) is 5.26 Å². The molecule has 0 spiro atoms. The van der Waals surface area contributed by atoms with E-state index in [1.54, 1.807) is 29.8 Å². The van der Waals surface area contributed by atoms with Crippen LogP contribution in [0, 0.1) is 25.2 Å². The fraction of sp³-hybridized carbons (Fsp3) is 0.333. The van der Waals surface area contributed by atoms with Gasteiger partial charge in [-0.2, -0.15) is 10.4 Å². The summed E-state index contributed by atoms with van der Waals surface area (Å²) in [6.07, 6.45) is -0.671. The maximum absolute atomic E-state index is 9.81. The van der Waals surface area contributed by atoms with E-state index in [1.807, 2.05) is 20.9 Å². The lowest BCUT2D eigenvalue weighted by Crippen LogP contribution is -1.98. The number of ether oxygens (including phenoxy) is 1. The summed E-state index contributed by atoms with van der Waals surface area (Å²) >= 11 is 0. The van der Waals surface area contributed by atoms with E-state index in [2.05, 4.69) is 11.2 Å². The molecule has 1 aromatic carbocycles. The maximum Gasteiger partial charge on any atom is 0.171 e. The average Bonchev–Trinajstić information content (AvgIpc) is 2.65. The lowest BCUT2D eigenvalue weighted by atomic mass is 10.1. The number of aliphatic hydroxyl groups excluding tert-OH is 1. The van der Waals surface area contributed by atoms with Gasteiger partial charge in [-0.3, -0.25) is 4.68 Å². The number of aliphatic hydroxyl groups is 1. The first-order valence-corrected chi connectivity index (χ1v) is 6.34. The van der Waals surface area contributed by atoms with Gasteiger partial charge in [-0.25, -0.2) is 0 Å². The van der Waals surface area contributed by atoms with Gasteiger partial charge in [0.05, 0.1) is 23.4 Å². The van der Waals surface area contributed by atoms with E-state index in [9.17, 15) is 5.11 Å². The molecule has 0 radical (unpaired) electrons. The van der Waals surface area contributed by atoms with E-state index in [-0.39, 0.29) is 0 Å². The Hall–Kier alpha value is -2.32. The number of aryl methyl sites for hydroxylation is 2. The molecule has 5 heteroatoms. The lowest BCUT2D eigenvalue weighted by Gasteiger charge is -2.13. The molecule has 0 saturated heterocycles. The van der Waals surface area contributed by atoms with Crippen molar-refractivity contribution in [2.24, 2.45) is 7.05 Å². The highest BCUT2D eigenvalue weighted by molar-refractivity contribution is 5.47. The Kier molecular flexibility index (Phi) is 3.77. The third-order valence-electron chi connectivity index (χ3n) is 3.25. The van der Waals surface area contributed by atoms with Gasteiger partial charge in [0.15, 0.2) is 5.75 Å². The normalized spacial score (nSPS) is 12.0. The second kappa shape index (κ2) is 5.35. The second-order valence-corrected chi connectivity index (χ2v) is 4.77. The monoisotopic (exact) mass is 271 g/mol. The number of benzene rings is 1. The fourth-order valence-corrected chi connectivity index (χ4v) is 2.05. The van der Waals surface area contributed by atoms with Crippen molar-refractivity contribution < 1.29 is 9.84 Å². The molecule has 2 aromatic rings. The minimum absolute atomic E-state index is 0.484. The van der Waals surface area contributed by atoms with E-state index in [0.717, 1.165) is 11.4 Å². The first kappa shape index (κ1) is 14.1. The van der Waals surface area contributed by atoms with E-state index in [4.69, 9.17) is 10.00 Å². The van der Waals surface area contributed by atoms with Gasteiger partial charge in [0, 0.05) is 12.6 Å². The zero-order chi connectivity index (χ0) is 14.9. The van der Waals surface area contributed by atoms with Gasteiger partial charge in [0.25, 0.3) is 0 Å². The van der Waals surface area contributed by atoms with Crippen molar-refractivity contribution in [3.63, 3.8) is 0 Å². The summed E-state index contributed by atoms with van der Waals surface area (Å²) in [7, 11) is 1.84. The van der Waals surface area contributed by atoms with Gasteiger partial charge in [-0.05, 0) is 32.9 Å². The molecule has 104 valence electrons. The quantitative estimate of drug-likeness (QED) is 0.931. The number of nitrogens with zero attached hydrogens (tertiary/aromatic N) is 3. The molecule has 5 nitrogen and oxygen atoms in total. The van der Waals surface area contributed by atoms with Crippen LogP contribution in [0.3, 0.4) is 0 Å². The van der Waals surface area contributed by atoms with Crippen molar-refractivity contribution in [2.75, 3.05) is 0 Å². The molecule has 0 aliphatic rings. The highest BCUT2D eigenvalue weighted by atomic mass is 16.5. The lowest BCUT2D eigenvalue weighted by molar-refractivity contribution is 0.195. The Morgan fingerprint density at radius 3 is 2.60 bits per heavy atom. The molecule has 0 saturated carbocycles. The molecule has 2 rings (SSSR count). The summed E-state index contributed by atoms with van der Waals surface area (Å²) in [5, 5.41) is 23.1. The Balaban J connectivity index is 2.49. The zero-order valence-electron chi connectivity index (χ0n) is 12.0. The van der Waals surface area contributed by atoms with Gasteiger partial charge in [-0.15, -0.1) is 0 Å². The van der Waals surface area contributed by atoms with Crippen LogP contribution in [0.15, 0.2) is 18.2 Å². The molecular weight excluding hydrogens is 254 g/mol. The average molecular weight is 271 g/mol. The Bertz CT molecular complexity index is 681. The highest BCUT2D eigenvalue weighted by Gasteiger charge is 2.16. The zero-order valence-corrected chi connectivity index (χ0v) is 12.0. The first-order valence-electron chi connectivity index (χ1n) is 6.34. The van der Waals surface area contributed by atoms with Gasteiger partial charge in [0.2, 0.25) is 0 Å². The van der Waals surface area contributed by atoms with Gasteiger partial charge >= 0.3 is 0 Å². The summed E-state index contributed by atoms with van der Waals surface area (Å²) < 4.78 is 7.64. The number of hydrogen-bond acceptors (Lipinski definition) is 4. The number of nitriles is 1. The highest BCUT2D eigenvalue weighted by Crippen LogP contribution is 2.33. The second-order valence-electron chi connectivity index (χ2n) is 4.77. The van der Waals surface area contributed by atoms with Crippen LogP contribution in [0.1, 0.15) is 35.5 Å². The number of rotatable bonds is 3. The van der Waals surface area contributed by atoms with Crippen LogP contribution in [0.25, 0.3) is 0 Å². The SMILES string of the molecule is Cc1nn(C)c(C)c1Oc1cc(C#N)ccc1[C@H](C)O. The van der Waals surface area contributed by atoms with Crippen LogP contribution in [0.2, 0.25) is 0 Å². The molecule has 1 atom stereocenters.